The zero-order valence-electron chi connectivity index (χ0n) is 48.4. The summed E-state index contributed by atoms with van der Waals surface area (Å²) in [5, 5.41) is 2.43. The van der Waals surface area contributed by atoms with Crippen molar-refractivity contribution in [2.75, 3.05) is 13.2 Å². The van der Waals surface area contributed by atoms with E-state index in [1.807, 2.05) is 143 Å². The first kappa shape index (κ1) is 88.0. The Bertz CT molecular complexity index is 3760. The first-order valence-electron chi connectivity index (χ1n) is 26.6. The number of para-hydroxylation sites is 1. The molecule has 16 nitrogen and oxygen atoms in total. The quantitative estimate of drug-likeness (QED) is 0.139. The molecule has 0 radical (unpaired) electrons. The number of imidazole rings is 1. The molecule has 1 aliphatic rings. The van der Waals surface area contributed by atoms with Gasteiger partial charge in [-0.2, -0.15) is 0 Å². The Balaban J connectivity index is -0.000000470. The van der Waals surface area contributed by atoms with Gasteiger partial charge in [0.1, 0.15) is 37.3 Å². The zero-order valence-corrected chi connectivity index (χ0v) is 48.4. The fraction of sp³-hybridized carbons (Fsp3) is 0.263. The van der Waals surface area contributed by atoms with Crippen LogP contribution in [0.15, 0.2) is 238 Å². The minimum atomic E-state index is 0. The number of aromatic nitrogens is 13. The smallest absolute Gasteiger partial charge is 0.250 e. The standard InChI is InChI=1S/2C10H9N.C9H8N2.C9H10O2.C8H8N2.C6H7NO.3C5H6N2.9CH4/c1-8-4-5-10-9(7-8)3-2-6-11-10;1-8-6-9-4-2-3-5-10(9)11-7-8;2*1-7-2-3-8-9(6-7)11-5-4-10-8;1-7-2-3-8-9-4-5-10(8)6-7;1-7-5-3-2-4-6(7)8;1-5-2-6-4-7-3-5;1-5-2-3-6-4-7-5;1-5-6-3-2-4-7-5;;;;;;;;;/h2*2-7H,1H3;2-6H,1H3;2-3,6H,4-5H2,1H3;2-6H,1H3;2-5H,1H3;3*2-4H,1H3;9*1H4. The van der Waals surface area contributed by atoms with E-state index < -0.39 is 0 Å². The second-order valence-corrected chi connectivity index (χ2v) is 18.7. The van der Waals surface area contributed by atoms with Crippen molar-refractivity contribution in [2.24, 2.45) is 7.05 Å². The Morgan fingerprint density at radius 2 is 0.924 bits per heavy atom. The number of aryl methyl sites for hydroxylation is 9. The fourth-order valence-electron chi connectivity index (χ4n) is 7.24. The summed E-state index contributed by atoms with van der Waals surface area (Å²) in [7, 11) is 1.72. The lowest BCUT2D eigenvalue weighted by atomic mass is 10.1. The van der Waals surface area contributed by atoms with Crippen molar-refractivity contribution in [3.8, 4) is 11.5 Å². The van der Waals surface area contributed by atoms with Crippen molar-refractivity contribution >= 4 is 38.5 Å². The van der Waals surface area contributed by atoms with Gasteiger partial charge in [0.15, 0.2) is 11.5 Å². The molecule has 0 spiro atoms. The van der Waals surface area contributed by atoms with Gasteiger partial charge in [-0.1, -0.05) is 127 Å². The van der Waals surface area contributed by atoms with Crippen LogP contribution in [0.25, 0.3) is 38.5 Å². The van der Waals surface area contributed by atoms with E-state index in [-0.39, 0.29) is 72.4 Å². The van der Waals surface area contributed by atoms with Gasteiger partial charge in [-0.15, -0.1) is 0 Å². The van der Waals surface area contributed by atoms with Crippen molar-refractivity contribution in [1.29, 1.82) is 0 Å². The van der Waals surface area contributed by atoms with E-state index in [9.17, 15) is 4.79 Å². The van der Waals surface area contributed by atoms with Gasteiger partial charge in [-0.3, -0.25) is 24.7 Å². The third-order valence-electron chi connectivity index (χ3n) is 11.5. The van der Waals surface area contributed by atoms with Crippen LogP contribution in [0.4, 0.5) is 0 Å². The first-order chi connectivity index (χ1) is 40.3. The predicted octanol–water partition coefficient (Wildman–Crippen LogP) is 18.9. The van der Waals surface area contributed by atoms with E-state index in [0.717, 1.165) is 56.3 Å². The summed E-state index contributed by atoms with van der Waals surface area (Å²) in [4.78, 5) is 54.4. The Morgan fingerprint density at radius 3 is 1.51 bits per heavy atom. The molecule has 1 aliphatic heterocycles. The van der Waals surface area contributed by atoms with Crippen molar-refractivity contribution in [3.63, 3.8) is 0 Å². The second kappa shape index (κ2) is 48.4. The highest BCUT2D eigenvalue weighted by Gasteiger charge is 2.09. The largest absolute Gasteiger partial charge is 0.486 e. The van der Waals surface area contributed by atoms with Crippen LogP contribution in [0.3, 0.4) is 0 Å². The number of benzene rings is 4. The molecule has 10 heterocycles. The monoisotopic (exact) mass is 1250 g/mol. The molecule has 0 N–H and O–H groups in total. The summed E-state index contributed by atoms with van der Waals surface area (Å²) in [6, 6.07) is 45.4. The van der Waals surface area contributed by atoms with Gasteiger partial charge in [0.25, 0.3) is 0 Å². The summed E-state index contributed by atoms with van der Waals surface area (Å²) >= 11 is 0. The number of nitrogens with zero attached hydrogens (tertiary/aromatic N) is 13. The van der Waals surface area contributed by atoms with E-state index >= 15 is 0 Å². The van der Waals surface area contributed by atoms with E-state index in [2.05, 4.69) is 118 Å². The van der Waals surface area contributed by atoms with Crippen LogP contribution in [-0.2, 0) is 7.05 Å². The number of hydrogen-bond donors (Lipinski definition) is 0. The lowest BCUT2D eigenvalue weighted by Gasteiger charge is -2.18. The van der Waals surface area contributed by atoms with Gasteiger partial charge in [-0.25, -0.2) is 34.9 Å². The van der Waals surface area contributed by atoms with Crippen LogP contribution in [0.1, 0.15) is 112 Å². The summed E-state index contributed by atoms with van der Waals surface area (Å²) < 4.78 is 14.3. The zero-order chi connectivity index (χ0) is 59.0. The number of ether oxygens (including phenoxy) is 2. The molecule has 0 saturated heterocycles. The molecular weight excluding hydrogens is 1140 g/mol. The number of hydrogen-bond acceptors (Lipinski definition) is 14. The lowest BCUT2D eigenvalue weighted by Crippen LogP contribution is -2.15. The maximum Gasteiger partial charge on any atom is 0.250 e. The summed E-state index contributed by atoms with van der Waals surface area (Å²) in [6.45, 7) is 17.4. The van der Waals surface area contributed by atoms with Crippen LogP contribution in [0, 0.1) is 55.4 Å². The van der Waals surface area contributed by atoms with Gasteiger partial charge in [-0.05, 0) is 162 Å². The molecule has 492 valence electrons. The second-order valence-electron chi connectivity index (χ2n) is 18.7. The molecule has 0 fully saturated rings. The summed E-state index contributed by atoms with van der Waals surface area (Å²) in [5.74, 6) is 2.56. The van der Waals surface area contributed by atoms with Crippen LogP contribution in [0.5, 0.6) is 11.5 Å². The molecule has 0 amide bonds. The summed E-state index contributed by atoms with van der Waals surface area (Å²) in [5.41, 5.74) is 13.4. The first-order valence-corrected chi connectivity index (χ1v) is 26.6. The third-order valence-corrected chi connectivity index (χ3v) is 11.5. The third kappa shape index (κ3) is 32.1. The minimum absolute atomic E-state index is 0. The van der Waals surface area contributed by atoms with Crippen LogP contribution in [0.2, 0.25) is 0 Å². The molecule has 92 heavy (non-hydrogen) atoms. The SMILES string of the molecule is C.C.C.C.C.C.C.C.C.Cc1ccc2c(c1)OCCO2.Cc1ccc2ncccc2c1.Cc1ccc2nccn2c1.Cc1ccc2nccnc2c1.Cc1ccncn1.Cc1cnc2ccccc2c1.Cc1cncnc1.Cc1ncccn1.Cn1ccccc1=O. The molecule has 13 aromatic rings. The van der Waals surface area contributed by atoms with Crippen molar-refractivity contribution in [1.82, 2.24) is 63.8 Å². The Hall–Kier alpha value is -10.5. The maximum absolute atomic E-state index is 10.6. The van der Waals surface area contributed by atoms with Crippen molar-refractivity contribution < 1.29 is 9.47 Å². The molecule has 0 aliphatic carbocycles. The van der Waals surface area contributed by atoms with E-state index in [4.69, 9.17) is 9.47 Å². The Morgan fingerprint density at radius 1 is 0.370 bits per heavy atom. The molecule has 0 saturated carbocycles. The van der Waals surface area contributed by atoms with Gasteiger partial charge in [0, 0.05) is 110 Å². The van der Waals surface area contributed by atoms with Gasteiger partial charge in [0.2, 0.25) is 5.56 Å². The highest BCUT2D eigenvalue weighted by molar-refractivity contribution is 5.79. The number of pyridine rings is 4. The maximum atomic E-state index is 10.6. The highest BCUT2D eigenvalue weighted by atomic mass is 16.6. The van der Waals surface area contributed by atoms with Gasteiger partial charge in [0.05, 0.1) is 22.1 Å². The molecule has 0 bridgehead atoms. The molecular formula is C76H105N13O3. The van der Waals surface area contributed by atoms with E-state index in [1.165, 1.54) is 61.9 Å². The Labute approximate surface area is 551 Å². The minimum Gasteiger partial charge on any atom is -0.486 e. The van der Waals surface area contributed by atoms with Crippen LogP contribution in [-0.4, -0.2) is 77.0 Å². The van der Waals surface area contributed by atoms with Gasteiger partial charge < -0.3 is 18.4 Å². The fourth-order valence-corrected chi connectivity index (χ4v) is 7.24. The number of rotatable bonds is 0. The summed E-state index contributed by atoms with van der Waals surface area (Å²) in [6.07, 6.45) is 26.4. The predicted molar refractivity (Wildman–Crippen MR) is 392 cm³/mol. The van der Waals surface area contributed by atoms with E-state index in [1.54, 1.807) is 75.0 Å². The average molecular weight is 1250 g/mol. The van der Waals surface area contributed by atoms with E-state index in [0.29, 0.717) is 13.2 Å². The van der Waals surface area contributed by atoms with Gasteiger partial charge >= 0.3 is 0 Å². The van der Waals surface area contributed by atoms with Crippen LogP contribution >= 0.6 is 0 Å². The average Bonchev–Trinajstić information content (AvgIpc) is 1.49. The van der Waals surface area contributed by atoms with Crippen molar-refractivity contribution in [3.05, 3.63) is 288 Å². The normalized spacial score (nSPS) is 9.36. The van der Waals surface area contributed by atoms with Crippen molar-refractivity contribution in [2.45, 2.75) is 122 Å². The topological polar surface area (TPSA) is 187 Å². The number of fused-ring (bicyclic) bond motifs is 5. The molecule has 14 rings (SSSR count). The Kier molecular flexibility index (Phi) is 46.3. The lowest BCUT2D eigenvalue weighted by molar-refractivity contribution is 0.171. The molecule has 0 atom stereocenters. The molecule has 9 aromatic heterocycles. The molecule has 0 unspecified atom stereocenters. The molecule has 16 heteroatoms. The highest BCUT2D eigenvalue weighted by Crippen LogP contribution is 2.30. The molecule has 4 aromatic carbocycles. The van der Waals surface area contributed by atoms with Crippen LogP contribution < -0.4 is 15.0 Å².